The van der Waals surface area contributed by atoms with Gasteiger partial charge in [0.15, 0.2) is 0 Å². The number of halogens is 2. The van der Waals surface area contributed by atoms with Crippen molar-refractivity contribution in [1.29, 1.82) is 0 Å². The molecule has 0 aromatic heterocycles. The lowest BCUT2D eigenvalue weighted by Crippen LogP contribution is -2.29. The van der Waals surface area contributed by atoms with E-state index in [2.05, 4.69) is 4.74 Å². The van der Waals surface area contributed by atoms with Crippen molar-refractivity contribution in [2.24, 2.45) is 0 Å². The molecular weight excluding hydrogens is 203 g/mol. The summed E-state index contributed by atoms with van der Waals surface area (Å²) in [6, 6.07) is 0. The van der Waals surface area contributed by atoms with E-state index in [0.29, 0.717) is 0 Å². The van der Waals surface area contributed by atoms with Crippen LogP contribution in [0.5, 0.6) is 0 Å². The van der Waals surface area contributed by atoms with Crippen molar-refractivity contribution in [3.05, 3.63) is 0 Å². The monoisotopic (exact) mass is 214 g/mol. The fourth-order valence-corrected chi connectivity index (χ4v) is 0.694. The molecule has 0 spiro atoms. The van der Waals surface area contributed by atoms with E-state index >= 15 is 0 Å². The van der Waals surface area contributed by atoms with E-state index in [1.54, 1.807) is 0 Å². The number of esters is 1. The lowest BCUT2D eigenvalue weighted by Gasteiger charge is -2.21. The number of hydrogen-bond donors (Lipinski definition) is 1. The number of aliphatic hydroxyl groups is 1. The highest BCUT2D eigenvalue weighted by atomic mass is 35.5. The van der Waals surface area contributed by atoms with E-state index in [-0.39, 0.29) is 19.0 Å². The van der Waals surface area contributed by atoms with Crippen LogP contribution in [0, 0.1) is 0 Å². The molecule has 0 fully saturated rings. The van der Waals surface area contributed by atoms with Crippen LogP contribution in [0.25, 0.3) is 0 Å². The molecule has 72 valence electrons. The SMILES string of the molecule is CC(=O)OCCC(Cl)(Cl)C(C)O. The molecule has 5 heteroatoms. The molecule has 3 nitrogen and oxygen atoms in total. The normalized spacial score (nSPS) is 14.1. The minimum atomic E-state index is -1.24. The molecule has 0 saturated carbocycles. The predicted octanol–water partition coefficient (Wildman–Crippen LogP) is 1.49. The van der Waals surface area contributed by atoms with Crippen LogP contribution in [0.15, 0.2) is 0 Å². The smallest absolute Gasteiger partial charge is 0.302 e. The standard InChI is InChI=1S/C7H12Cl2O3/c1-5(10)7(8,9)3-4-12-6(2)11/h5,10H,3-4H2,1-2H3. The molecule has 0 aliphatic carbocycles. The zero-order valence-corrected chi connectivity index (χ0v) is 8.52. The summed E-state index contributed by atoms with van der Waals surface area (Å²) in [5.74, 6) is -0.385. The first-order valence-electron chi connectivity index (χ1n) is 3.55. The third kappa shape index (κ3) is 4.80. The Kier molecular flexibility index (Phi) is 4.90. The second-order valence-corrected chi connectivity index (χ2v) is 4.07. The van der Waals surface area contributed by atoms with Crippen LogP contribution in [-0.4, -0.2) is 28.1 Å². The molecule has 1 N–H and O–H groups in total. The van der Waals surface area contributed by atoms with Crippen LogP contribution in [-0.2, 0) is 9.53 Å². The van der Waals surface area contributed by atoms with E-state index < -0.39 is 10.4 Å². The van der Waals surface area contributed by atoms with Crippen molar-refractivity contribution < 1.29 is 14.6 Å². The number of carbonyl (C=O) groups excluding carboxylic acids is 1. The van der Waals surface area contributed by atoms with E-state index in [9.17, 15) is 4.79 Å². The van der Waals surface area contributed by atoms with E-state index in [1.807, 2.05) is 0 Å². The zero-order chi connectivity index (χ0) is 9.78. The van der Waals surface area contributed by atoms with E-state index in [4.69, 9.17) is 28.3 Å². The first-order valence-corrected chi connectivity index (χ1v) is 4.31. The lowest BCUT2D eigenvalue weighted by molar-refractivity contribution is -0.141. The number of carbonyl (C=O) groups is 1. The molecule has 12 heavy (non-hydrogen) atoms. The van der Waals surface area contributed by atoms with Crippen LogP contribution < -0.4 is 0 Å². The topological polar surface area (TPSA) is 46.5 Å². The van der Waals surface area contributed by atoms with Crippen molar-refractivity contribution in [2.75, 3.05) is 6.61 Å². The van der Waals surface area contributed by atoms with Gasteiger partial charge in [0.05, 0.1) is 12.7 Å². The number of aliphatic hydroxyl groups excluding tert-OH is 1. The van der Waals surface area contributed by atoms with Crippen LogP contribution in [0.4, 0.5) is 0 Å². The molecule has 0 bridgehead atoms. The first kappa shape index (κ1) is 12.0. The highest BCUT2D eigenvalue weighted by molar-refractivity contribution is 6.48. The zero-order valence-electron chi connectivity index (χ0n) is 7.01. The van der Waals surface area contributed by atoms with Gasteiger partial charge in [-0.1, -0.05) is 23.2 Å². The van der Waals surface area contributed by atoms with Gasteiger partial charge in [-0.2, -0.15) is 0 Å². The molecule has 0 radical (unpaired) electrons. The first-order chi connectivity index (χ1) is 5.36. The van der Waals surface area contributed by atoms with Crippen molar-refractivity contribution in [3.63, 3.8) is 0 Å². The number of ether oxygens (including phenoxy) is 1. The van der Waals surface area contributed by atoms with Crippen LogP contribution in [0.1, 0.15) is 20.3 Å². The number of rotatable bonds is 4. The van der Waals surface area contributed by atoms with Gasteiger partial charge in [-0.05, 0) is 6.92 Å². The Morgan fingerprint density at radius 3 is 2.50 bits per heavy atom. The minimum absolute atomic E-state index is 0.118. The second kappa shape index (κ2) is 4.90. The van der Waals surface area contributed by atoms with Gasteiger partial charge in [0.25, 0.3) is 0 Å². The van der Waals surface area contributed by atoms with Gasteiger partial charge in [-0.3, -0.25) is 4.79 Å². The minimum Gasteiger partial charge on any atom is -0.466 e. The molecule has 1 unspecified atom stereocenters. The number of hydrogen-bond acceptors (Lipinski definition) is 3. The molecule has 0 amide bonds. The summed E-state index contributed by atoms with van der Waals surface area (Å²) >= 11 is 11.4. The molecule has 0 rings (SSSR count). The average molecular weight is 215 g/mol. The Hall–Kier alpha value is 0.01000. The Balaban J connectivity index is 3.69. The van der Waals surface area contributed by atoms with Crippen LogP contribution in [0.2, 0.25) is 0 Å². The lowest BCUT2D eigenvalue weighted by atomic mass is 10.2. The van der Waals surface area contributed by atoms with Gasteiger partial charge < -0.3 is 9.84 Å². The molecule has 0 saturated heterocycles. The summed E-state index contributed by atoms with van der Waals surface area (Å²) in [6.07, 6.45) is -0.635. The highest BCUT2D eigenvalue weighted by Crippen LogP contribution is 2.29. The summed E-state index contributed by atoms with van der Waals surface area (Å²) in [6.45, 7) is 2.90. The third-order valence-corrected chi connectivity index (χ3v) is 2.36. The van der Waals surface area contributed by atoms with Crippen molar-refractivity contribution >= 4 is 29.2 Å². The Labute approximate surface area is 81.6 Å². The van der Waals surface area contributed by atoms with Gasteiger partial charge in [-0.15, -0.1) is 0 Å². The fourth-order valence-electron chi connectivity index (χ4n) is 0.540. The summed E-state index contributed by atoms with van der Waals surface area (Å²) < 4.78 is 3.37. The molecular formula is C7H12Cl2O3. The van der Waals surface area contributed by atoms with Crippen molar-refractivity contribution in [2.45, 2.75) is 30.7 Å². The summed E-state index contributed by atoms with van der Waals surface area (Å²) in [4.78, 5) is 10.3. The second-order valence-electron chi connectivity index (χ2n) is 2.53. The van der Waals surface area contributed by atoms with Gasteiger partial charge >= 0.3 is 5.97 Å². The Morgan fingerprint density at radius 1 is 1.67 bits per heavy atom. The molecule has 0 aromatic rings. The Morgan fingerprint density at radius 2 is 2.17 bits per heavy atom. The van der Waals surface area contributed by atoms with Crippen molar-refractivity contribution in [1.82, 2.24) is 0 Å². The molecule has 0 aliphatic heterocycles. The summed E-state index contributed by atoms with van der Waals surface area (Å²) in [5.41, 5.74) is 0. The maximum atomic E-state index is 10.3. The van der Waals surface area contributed by atoms with Crippen molar-refractivity contribution in [3.8, 4) is 0 Å². The molecule has 1 atom stereocenters. The largest absolute Gasteiger partial charge is 0.466 e. The molecule has 0 aliphatic rings. The maximum Gasteiger partial charge on any atom is 0.302 e. The molecule has 0 heterocycles. The summed E-state index contributed by atoms with van der Waals surface area (Å²) in [5, 5.41) is 9.04. The van der Waals surface area contributed by atoms with Gasteiger partial charge in [0.1, 0.15) is 4.33 Å². The molecule has 0 aromatic carbocycles. The predicted molar refractivity (Wildman–Crippen MR) is 47.4 cm³/mol. The maximum absolute atomic E-state index is 10.3. The third-order valence-electron chi connectivity index (χ3n) is 1.35. The van der Waals surface area contributed by atoms with Crippen LogP contribution >= 0.6 is 23.2 Å². The van der Waals surface area contributed by atoms with Gasteiger partial charge in [-0.25, -0.2) is 0 Å². The van der Waals surface area contributed by atoms with E-state index in [0.717, 1.165) is 0 Å². The Bertz CT molecular complexity index is 157. The fraction of sp³-hybridized carbons (Fsp3) is 0.857. The number of alkyl halides is 2. The van der Waals surface area contributed by atoms with E-state index in [1.165, 1.54) is 13.8 Å². The highest BCUT2D eigenvalue weighted by Gasteiger charge is 2.29. The quantitative estimate of drug-likeness (QED) is 0.570. The van der Waals surface area contributed by atoms with Crippen LogP contribution in [0.3, 0.4) is 0 Å². The van der Waals surface area contributed by atoms with Gasteiger partial charge in [0, 0.05) is 13.3 Å². The van der Waals surface area contributed by atoms with Gasteiger partial charge in [0.2, 0.25) is 0 Å². The average Bonchev–Trinajstić information content (AvgIpc) is 1.85. The summed E-state index contributed by atoms with van der Waals surface area (Å²) in [7, 11) is 0.